The van der Waals surface area contributed by atoms with Gasteiger partial charge in [0.25, 0.3) is 0 Å². The van der Waals surface area contributed by atoms with Crippen LogP contribution in [0.2, 0.25) is 0 Å². The number of ether oxygens (including phenoxy) is 1. The summed E-state index contributed by atoms with van der Waals surface area (Å²) in [4.78, 5) is 11.4. The Labute approximate surface area is 136 Å². The first-order valence-corrected chi connectivity index (χ1v) is 4.77. The molecule has 0 bridgehead atoms. The van der Waals surface area contributed by atoms with Crippen LogP contribution >= 0.6 is 12.4 Å². The number of esters is 1. The molecule has 1 aliphatic carbocycles. The van der Waals surface area contributed by atoms with Gasteiger partial charge in [-0.05, 0) is 24.1 Å². The zero-order valence-electron chi connectivity index (χ0n) is 9.90. The van der Waals surface area contributed by atoms with Crippen molar-refractivity contribution < 1.29 is 51.5 Å². The van der Waals surface area contributed by atoms with Crippen molar-refractivity contribution in [3.05, 3.63) is 41.0 Å². The SMILES string of the molecule is CCOC(=O)C1=Cc2ccccc2C1.Cl.[Cl-].[Na+]. The molecule has 0 heterocycles. The molecule has 0 fully saturated rings. The van der Waals surface area contributed by atoms with Gasteiger partial charge in [0, 0.05) is 12.0 Å². The molecule has 0 saturated carbocycles. The minimum Gasteiger partial charge on any atom is -1.00 e. The third-order valence-corrected chi connectivity index (χ3v) is 2.30. The van der Waals surface area contributed by atoms with Crippen molar-refractivity contribution in [3.63, 3.8) is 0 Å². The van der Waals surface area contributed by atoms with Gasteiger partial charge in [-0.3, -0.25) is 0 Å². The topological polar surface area (TPSA) is 26.3 Å². The van der Waals surface area contributed by atoms with Crippen LogP contribution < -0.4 is 42.0 Å². The molecule has 1 aliphatic rings. The smallest absolute Gasteiger partial charge is 1.00 e. The molecular formula is C12H13Cl2NaO2. The number of carbonyl (C=O) groups excluding carboxylic acids is 1. The van der Waals surface area contributed by atoms with Crippen LogP contribution in [-0.4, -0.2) is 12.6 Å². The van der Waals surface area contributed by atoms with E-state index in [9.17, 15) is 4.79 Å². The van der Waals surface area contributed by atoms with Crippen LogP contribution in [0.1, 0.15) is 18.1 Å². The predicted octanol–water partition coefficient (Wildman–Crippen LogP) is -3.38. The van der Waals surface area contributed by atoms with Crippen LogP contribution in [0.25, 0.3) is 6.08 Å². The molecule has 0 atom stereocenters. The van der Waals surface area contributed by atoms with E-state index in [0.717, 1.165) is 11.1 Å². The molecule has 2 rings (SSSR count). The summed E-state index contributed by atoms with van der Waals surface area (Å²) in [6, 6.07) is 8.02. The molecule has 2 nitrogen and oxygen atoms in total. The van der Waals surface area contributed by atoms with E-state index in [4.69, 9.17) is 4.74 Å². The largest absolute Gasteiger partial charge is 1.00 e. The fourth-order valence-electron chi connectivity index (χ4n) is 1.63. The number of hydrogen-bond acceptors (Lipinski definition) is 2. The number of halogens is 2. The summed E-state index contributed by atoms with van der Waals surface area (Å²) < 4.78 is 4.95. The summed E-state index contributed by atoms with van der Waals surface area (Å²) in [5, 5.41) is 0. The molecule has 17 heavy (non-hydrogen) atoms. The Bertz CT molecular complexity index is 405. The standard InChI is InChI=1S/C12H12O2.2ClH.Na/c1-2-14-12(13)11-7-9-5-3-4-6-10(9)8-11;;;/h3-7H,2,8H2,1H3;2*1H;/q;;;+1/p-1. The van der Waals surface area contributed by atoms with Gasteiger partial charge in [0.15, 0.2) is 0 Å². The molecule has 0 aliphatic heterocycles. The third kappa shape index (κ3) is 4.65. The number of benzene rings is 1. The summed E-state index contributed by atoms with van der Waals surface area (Å²) in [5.74, 6) is -0.191. The molecule has 0 unspecified atom stereocenters. The molecule has 0 radical (unpaired) electrons. The molecule has 0 spiro atoms. The zero-order chi connectivity index (χ0) is 9.97. The summed E-state index contributed by atoms with van der Waals surface area (Å²) >= 11 is 0. The molecule has 0 N–H and O–H groups in total. The number of rotatable bonds is 2. The summed E-state index contributed by atoms with van der Waals surface area (Å²) in [5.41, 5.74) is 3.10. The van der Waals surface area contributed by atoms with Crippen molar-refractivity contribution in [1.82, 2.24) is 0 Å². The average molecular weight is 283 g/mol. The van der Waals surface area contributed by atoms with E-state index in [1.54, 1.807) is 0 Å². The molecule has 0 saturated heterocycles. The van der Waals surface area contributed by atoms with E-state index >= 15 is 0 Å². The quantitative estimate of drug-likeness (QED) is 0.418. The first kappa shape index (κ1) is 19.4. The average Bonchev–Trinajstić information content (AvgIpc) is 2.61. The summed E-state index contributed by atoms with van der Waals surface area (Å²) in [6.07, 6.45) is 2.61. The molecule has 0 aromatic heterocycles. The second-order valence-electron chi connectivity index (χ2n) is 3.27. The Kier molecular flexibility index (Phi) is 10.3. The molecule has 0 amide bonds. The number of hydrogen-bond donors (Lipinski definition) is 0. The normalized spacial score (nSPS) is 11.0. The van der Waals surface area contributed by atoms with Gasteiger partial charge >= 0.3 is 35.5 Å². The summed E-state index contributed by atoms with van der Waals surface area (Å²) in [6.45, 7) is 2.26. The van der Waals surface area contributed by atoms with Gasteiger partial charge in [0.1, 0.15) is 0 Å². The second-order valence-corrected chi connectivity index (χ2v) is 3.27. The third-order valence-electron chi connectivity index (χ3n) is 2.30. The van der Waals surface area contributed by atoms with Gasteiger partial charge in [0.2, 0.25) is 0 Å². The van der Waals surface area contributed by atoms with E-state index in [0.29, 0.717) is 13.0 Å². The van der Waals surface area contributed by atoms with Gasteiger partial charge < -0.3 is 17.1 Å². The van der Waals surface area contributed by atoms with E-state index in [-0.39, 0.29) is 60.3 Å². The van der Waals surface area contributed by atoms with Gasteiger partial charge in [-0.15, -0.1) is 12.4 Å². The van der Waals surface area contributed by atoms with Crippen LogP contribution in [0.15, 0.2) is 29.8 Å². The van der Waals surface area contributed by atoms with Crippen molar-refractivity contribution >= 4 is 24.5 Å². The molecule has 5 heteroatoms. The minimum absolute atomic E-state index is 0. The van der Waals surface area contributed by atoms with E-state index < -0.39 is 0 Å². The van der Waals surface area contributed by atoms with Gasteiger partial charge in [-0.25, -0.2) is 4.79 Å². The van der Waals surface area contributed by atoms with E-state index in [1.807, 2.05) is 37.3 Å². The van der Waals surface area contributed by atoms with Crippen molar-refractivity contribution in [2.75, 3.05) is 6.61 Å². The fraction of sp³-hybridized carbons (Fsp3) is 0.250. The summed E-state index contributed by atoms with van der Waals surface area (Å²) in [7, 11) is 0. The molecular weight excluding hydrogens is 270 g/mol. The molecule has 1 aromatic carbocycles. The maximum Gasteiger partial charge on any atom is 1.00 e. The maximum atomic E-state index is 11.4. The Hall–Kier alpha value is 0.0100. The second kappa shape index (κ2) is 9.01. The zero-order valence-corrected chi connectivity index (χ0v) is 13.5. The Balaban J connectivity index is 0. The van der Waals surface area contributed by atoms with Gasteiger partial charge in [-0.2, -0.15) is 0 Å². The van der Waals surface area contributed by atoms with Crippen molar-refractivity contribution in [3.8, 4) is 0 Å². The fourth-order valence-corrected chi connectivity index (χ4v) is 1.63. The van der Waals surface area contributed by atoms with E-state index in [1.165, 1.54) is 5.56 Å². The Morgan fingerprint density at radius 2 is 2.00 bits per heavy atom. The maximum absolute atomic E-state index is 11.4. The first-order chi connectivity index (χ1) is 6.81. The number of carbonyl (C=O) groups is 1. The number of fused-ring (bicyclic) bond motifs is 1. The van der Waals surface area contributed by atoms with Crippen LogP contribution in [0, 0.1) is 0 Å². The Morgan fingerprint density at radius 3 is 2.59 bits per heavy atom. The molecule has 1 aromatic rings. The van der Waals surface area contributed by atoms with Gasteiger partial charge in [0.05, 0.1) is 6.61 Å². The first-order valence-electron chi connectivity index (χ1n) is 4.77. The van der Waals surface area contributed by atoms with Crippen LogP contribution in [0.3, 0.4) is 0 Å². The monoisotopic (exact) mass is 282 g/mol. The van der Waals surface area contributed by atoms with Crippen LogP contribution in [0.4, 0.5) is 0 Å². The van der Waals surface area contributed by atoms with E-state index in [2.05, 4.69) is 0 Å². The predicted molar refractivity (Wildman–Crippen MR) is 62.0 cm³/mol. The Morgan fingerprint density at radius 1 is 1.35 bits per heavy atom. The van der Waals surface area contributed by atoms with Crippen LogP contribution in [0.5, 0.6) is 0 Å². The van der Waals surface area contributed by atoms with Crippen LogP contribution in [-0.2, 0) is 16.0 Å². The minimum atomic E-state index is -0.191. The van der Waals surface area contributed by atoms with Gasteiger partial charge in [-0.1, -0.05) is 24.3 Å². The molecule has 88 valence electrons. The van der Waals surface area contributed by atoms with Crippen molar-refractivity contribution in [2.45, 2.75) is 13.3 Å². The van der Waals surface area contributed by atoms with Crippen molar-refractivity contribution in [1.29, 1.82) is 0 Å². The van der Waals surface area contributed by atoms with Crippen molar-refractivity contribution in [2.24, 2.45) is 0 Å².